The Morgan fingerprint density at radius 2 is 2.21 bits per heavy atom. The summed E-state index contributed by atoms with van der Waals surface area (Å²) >= 11 is 0. The number of fused-ring (bicyclic) bond motifs is 1. The maximum absolute atomic E-state index is 5.64. The molecule has 1 aromatic carbocycles. The molecule has 1 fully saturated rings. The second-order valence-corrected chi connectivity index (χ2v) is 5.09. The number of hydrogen-bond acceptors (Lipinski definition) is 4. The van der Waals surface area contributed by atoms with Crippen molar-refractivity contribution >= 4 is 0 Å². The average Bonchev–Trinajstić information content (AvgIpc) is 2.48. The molecule has 1 saturated heterocycles. The molecule has 2 aliphatic heterocycles. The minimum atomic E-state index is 0.452. The molecular weight excluding hydrogens is 240 g/mol. The van der Waals surface area contributed by atoms with Crippen molar-refractivity contribution in [2.75, 3.05) is 39.5 Å². The van der Waals surface area contributed by atoms with Crippen LogP contribution < -0.4 is 10.1 Å². The molecule has 2 aliphatic rings. The number of morpholine rings is 1. The second kappa shape index (κ2) is 5.90. The highest BCUT2D eigenvalue weighted by Gasteiger charge is 2.27. The molecule has 0 unspecified atom stereocenters. The Kier molecular flexibility index (Phi) is 4.01. The van der Waals surface area contributed by atoms with Gasteiger partial charge in [-0.25, -0.2) is 0 Å². The van der Waals surface area contributed by atoms with E-state index in [2.05, 4.69) is 28.4 Å². The van der Waals surface area contributed by atoms with Crippen molar-refractivity contribution in [2.45, 2.75) is 19.5 Å². The standard InChI is InChI=1S/C15H22N2O2/c1-2-19-13-4-3-12-10-16-11-15(14(12)9-13)17-5-7-18-8-6-17/h3-4,9,15-16H,2,5-8,10-11H2,1H3/t15-/m0/s1. The van der Waals surface area contributed by atoms with Crippen LogP contribution in [0.25, 0.3) is 0 Å². The maximum atomic E-state index is 5.64. The maximum Gasteiger partial charge on any atom is 0.119 e. The zero-order chi connectivity index (χ0) is 13.1. The van der Waals surface area contributed by atoms with Crippen molar-refractivity contribution in [3.05, 3.63) is 29.3 Å². The molecule has 0 amide bonds. The fourth-order valence-electron chi connectivity index (χ4n) is 2.97. The minimum Gasteiger partial charge on any atom is -0.494 e. The SMILES string of the molecule is CCOc1ccc2c(c1)[C@@H](N1CCOCC1)CNC2. The van der Waals surface area contributed by atoms with Gasteiger partial charge in [0.1, 0.15) is 5.75 Å². The van der Waals surface area contributed by atoms with Gasteiger partial charge in [0.05, 0.1) is 19.8 Å². The van der Waals surface area contributed by atoms with E-state index in [9.17, 15) is 0 Å². The monoisotopic (exact) mass is 262 g/mol. The molecule has 104 valence electrons. The summed E-state index contributed by atoms with van der Waals surface area (Å²) in [6.07, 6.45) is 0. The van der Waals surface area contributed by atoms with Crippen molar-refractivity contribution in [3.63, 3.8) is 0 Å². The van der Waals surface area contributed by atoms with Gasteiger partial charge in [0.25, 0.3) is 0 Å². The Bertz CT molecular complexity index is 430. The predicted octanol–water partition coefficient (Wildman–Crippen LogP) is 1.56. The van der Waals surface area contributed by atoms with Crippen LogP contribution in [-0.4, -0.2) is 44.4 Å². The van der Waals surface area contributed by atoms with Crippen LogP contribution in [0.4, 0.5) is 0 Å². The highest BCUT2D eigenvalue weighted by molar-refractivity contribution is 5.39. The van der Waals surface area contributed by atoms with Gasteiger partial charge < -0.3 is 14.8 Å². The predicted molar refractivity (Wildman–Crippen MR) is 74.5 cm³/mol. The van der Waals surface area contributed by atoms with Gasteiger partial charge in [-0.1, -0.05) is 6.07 Å². The van der Waals surface area contributed by atoms with Gasteiger partial charge in [0, 0.05) is 32.2 Å². The molecule has 0 radical (unpaired) electrons. The largest absolute Gasteiger partial charge is 0.494 e. The Labute approximate surface area is 114 Å². The van der Waals surface area contributed by atoms with E-state index in [0.29, 0.717) is 6.04 Å². The quantitative estimate of drug-likeness (QED) is 0.896. The van der Waals surface area contributed by atoms with Gasteiger partial charge in [-0.05, 0) is 30.2 Å². The third-order valence-corrected chi connectivity index (χ3v) is 3.93. The van der Waals surface area contributed by atoms with Crippen LogP contribution in [0.15, 0.2) is 18.2 Å². The number of benzene rings is 1. The number of ether oxygens (including phenoxy) is 2. The smallest absolute Gasteiger partial charge is 0.119 e. The Balaban J connectivity index is 1.86. The first kappa shape index (κ1) is 12.9. The van der Waals surface area contributed by atoms with Crippen LogP contribution in [0.3, 0.4) is 0 Å². The highest BCUT2D eigenvalue weighted by atomic mass is 16.5. The lowest BCUT2D eigenvalue weighted by Crippen LogP contribution is -2.45. The van der Waals surface area contributed by atoms with Gasteiger partial charge >= 0.3 is 0 Å². The van der Waals surface area contributed by atoms with Crippen LogP contribution in [0, 0.1) is 0 Å². The zero-order valence-electron chi connectivity index (χ0n) is 11.5. The van der Waals surface area contributed by atoms with Crippen molar-refractivity contribution < 1.29 is 9.47 Å². The summed E-state index contributed by atoms with van der Waals surface area (Å²) in [4.78, 5) is 2.52. The van der Waals surface area contributed by atoms with Gasteiger partial charge in [-0.3, -0.25) is 4.90 Å². The lowest BCUT2D eigenvalue weighted by Gasteiger charge is -2.38. The summed E-state index contributed by atoms with van der Waals surface area (Å²) in [6.45, 7) is 8.45. The highest BCUT2D eigenvalue weighted by Crippen LogP contribution is 2.30. The van der Waals surface area contributed by atoms with E-state index in [-0.39, 0.29) is 0 Å². The third-order valence-electron chi connectivity index (χ3n) is 3.93. The van der Waals surface area contributed by atoms with Crippen molar-refractivity contribution in [2.24, 2.45) is 0 Å². The van der Waals surface area contributed by atoms with Crippen LogP contribution in [0.5, 0.6) is 5.75 Å². The molecule has 1 atom stereocenters. The molecule has 19 heavy (non-hydrogen) atoms. The van der Waals surface area contributed by atoms with E-state index >= 15 is 0 Å². The molecule has 0 aromatic heterocycles. The van der Waals surface area contributed by atoms with Crippen LogP contribution in [0.1, 0.15) is 24.1 Å². The molecule has 1 N–H and O–H groups in total. The van der Waals surface area contributed by atoms with E-state index in [1.54, 1.807) is 0 Å². The fraction of sp³-hybridized carbons (Fsp3) is 0.600. The van der Waals surface area contributed by atoms with E-state index in [4.69, 9.17) is 9.47 Å². The number of rotatable bonds is 3. The van der Waals surface area contributed by atoms with Crippen molar-refractivity contribution in [1.82, 2.24) is 10.2 Å². The van der Waals surface area contributed by atoms with Crippen LogP contribution >= 0.6 is 0 Å². The van der Waals surface area contributed by atoms with Gasteiger partial charge in [-0.2, -0.15) is 0 Å². The molecule has 2 heterocycles. The van der Waals surface area contributed by atoms with Gasteiger partial charge in [0.15, 0.2) is 0 Å². The van der Waals surface area contributed by atoms with Crippen LogP contribution in [-0.2, 0) is 11.3 Å². The molecule has 0 aliphatic carbocycles. The van der Waals surface area contributed by atoms with E-state index in [1.807, 2.05) is 6.92 Å². The van der Waals surface area contributed by atoms with E-state index in [0.717, 1.165) is 51.7 Å². The molecule has 0 saturated carbocycles. The summed E-state index contributed by atoms with van der Waals surface area (Å²) < 4.78 is 11.1. The summed E-state index contributed by atoms with van der Waals surface area (Å²) in [7, 11) is 0. The normalized spacial score (nSPS) is 23.9. The Morgan fingerprint density at radius 1 is 1.37 bits per heavy atom. The first-order valence-corrected chi connectivity index (χ1v) is 7.16. The first-order chi connectivity index (χ1) is 9.38. The topological polar surface area (TPSA) is 33.7 Å². The van der Waals surface area contributed by atoms with Gasteiger partial charge in [0.2, 0.25) is 0 Å². The molecule has 4 heteroatoms. The molecular formula is C15H22N2O2. The lowest BCUT2D eigenvalue weighted by atomic mass is 9.95. The number of nitrogens with one attached hydrogen (secondary N) is 1. The Morgan fingerprint density at radius 3 is 3.00 bits per heavy atom. The summed E-state index contributed by atoms with van der Waals surface area (Å²) in [6, 6.07) is 6.94. The Hall–Kier alpha value is -1.10. The first-order valence-electron chi connectivity index (χ1n) is 7.16. The zero-order valence-corrected chi connectivity index (χ0v) is 11.5. The molecule has 0 bridgehead atoms. The van der Waals surface area contributed by atoms with E-state index in [1.165, 1.54) is 11.1 Å². The number of hydrogen-bond donors (Lipinski definition) is 1. The molecule has 4 nitrogen and oxygen atoms in total. The lowest BCUT2D eigenvalue weighted by molar-refractivity contribution is 0.0145. The number of nitrogens with zero attached hydrogens (tertiary/aromatic N) is 1. The van der Waals surface area contributed by atoms with E-state index < -0.39 is 0 Å². The van der Waals surface area contributed by atoms with Crippen molar-refractivity contribution in [3.8, 4) is 5.75 Å². The summed E-state index contributed by atoms with van der Waals surface area (Å²) in [5.41, 5.74) is 2.82. The summed E-state index contributed by atoms with van der Waals surface area (Å²) in [5, 5.41) is 3.52. The van der Waals surface area contributed by atoms with Crippen molar-refractivity contribution in [1.29, 1.82) is 0 Å². The van der Waals surface area contributed by atoms with Gasteiger partial charge in [-0.15, -0.1) is 0 Å². The summed E-state index contributed by atoms with van der Waals surface area (Å²) in [5.74, 6) is 0.987. The fourth-order valence-corrected chi connectivity index (χ4v) is 2.97. The average molecular weight is 262 g/mol. The third kappa shape index (κ3) is 2.76. The molecule has 1 aromatic rings. The van der Waals surface area contributed by atoms with Crippen LogP contribution in [0.2, 0.25) is 0 Å². The molecule has 3 rings (SSSR count). The molecule has 0 spiro atoms. The second-order valence-electron chi connectivity index (χ2n) is 5.09. The minimum absolute atomic E-state index is 0.452.